The van der Waals surface area contributed by atoms with E-state index in [0.717, 1.165) is 66.2 Å². The van der Waals surface area contributed by atoms with Crippen molar-refractivity contribution in [1.82, 2.24) is 5.32 Å². The lowest BCUT2D eigenvalue weighted by Gasteiger charge is -2.29. The average molecular weight is 919 g/mol. The van der Waals surface area contributed by atoms with Crippen LogP contribution in [-0.2, 0) is 42.1 Å². The van der Waals surface area contributed by atoms with Gasteiger partial charge in [0.15, 0.2) is 0 Å². The molecule has 346 valence electrons. The number of piperidine rings is 1. The molecule has 0 spiro atoms. The number of hydrogen-bond acceptors (Lipinski definition) is 10. The fourth-order valence-electron chi connectivity index (χ4n) is 6.53. The second-order valence-corrected chi connectivity index (χ2v) is 15.9. The number of amides is 3. The van der Waals surface area contributed by atoms with E-state index in [1.807, 2.05) is 36.4 Å². The number of nitrogens with two attached hydrogens (primary N) is 1. The van der Waals surface area contributed by atoms with Crippen molar-refractivity contribution in [3.8, 4) is 0 Å². The first-order valence-electron chi connectivity index (χ1n) is 21.1. The molecule has 4 aromatic carbocycles. The maximum atomic E-state index is 13.7. The van der Waals surface area contributed by atoms with E-state index in [4.69, 9.17) is 25.1 Å². The smallest absolute Gasteiger partial charge is 0.416 e. The van der Waals surface area contributed by atoms with Crippen molar-refractivity contribution in [3.05, 3.63) is 119 Å². The van der Waals surface area contributed by atoms with Crippen LogP contribution in [0.25, 0.3) is 0 Å². The highest BCUT2D eigenvalue weighted by Gasteiger charge is 2.30. The van der Waals surface area contributed by atoms with Crippen LogP contribution in [0.5, 0.6) is 0 Å². The number of alkyl halides is 3. The summed E-state index contributed by atoms with van der Waals surface area (Å²) in [5.41, 5.74) is 8.59. The zero-order chi connectivity index (χ0) is 46.4. The van der Waals surface area contributed by atoms with E-state index in [0.29, 0.717) is 50.9 Å². The van der Waals surface area contributed by atoms with Crippen molar-refractivity contribution in [2.45, 2.75) is 55.3 Å². The predicted molar refractivity (Wildman–Crippen MR) is 244 cm³/mol. The summed E-state index contributed by atoms with van der Waals surface area (Å²) >= 11 is 1.55. The Labute approximate surface area is 379 Å². The summed E-state index contributed by atoms with van der Waals surface area (Å²) in [6.07, 6.45) is -0.0784. The maximum Gasteiger partial charge on any atom is 0.416 e. The van der Waals surface area contributed by atoms with Crippen molar-refractivity contribution in [2.24, 2.45) is 15.7 Å². The first-order valence-corrected chi connectivity index (χ1v) is 22.1. The van der Waals surface area contributed by atoms with Crippen molar-refractivity contribution >= 4 is 64.6 Å². The Hall–Kier alpha value is -6.08. The second kappa shape index (κ2) is 26.0. The predicted octanol–water partition coefficient (Wildman–Crippen LogP) is 7.71. The molecule has 18 heteroatoms. The van der Waals surface area contributed by atoms with Crippen LogP contribution in [0.15, 0.2) is 106 Å². The monoisotopic (exact) mass is 918 g/mol. The van der Waals surface area contributed by atoms with Crippen molar-refractivity contribution < 1.29 is 51.7 Å². The fraction of sp³-hybridized carbons (Fsp3) is 0.362. The number of nitrogens with zero attached hydrogens (tertiary/aromatic N) is 3. The number of halogens is 3. The van der Waals surface area contributed by atoms with Crippen LogP contribution >= 0.6 is 11.8 Å². The molecular weight excluding hydrogens is 866 g/mol. The number of benzene rings is 4. The molecule has 0 saturated carbocycles. The molecule has 1 heterocycles. The van der Waals surface area contributed by atoms with Crippen LogP contribution < -0.4 is 21.3 Å². The molecule has 0 atom stereocenters. The number of anilines is 2. The summed E-state index contributed by atoms with van der Waals surface area (Å²) in [4.78, 5) is 61.6. The Morgan fingerprint density at radius 2 is 1.52 bits per heavy atom. The molecule has 0 aliphatic carbocycles. The normalized spacial score (nSPS) is 13.2. The van der Waals surface area contributed by atoms with Crippen molar-refractivity contribution in [1.29, 1.82) is 0 Å². The lowest BCUT2D eigenvalue weighted by Crippen LogP contribution is -2.29. The summed E-state index contributed by atoms with van der Waals surface area (Å²) in [5.74, 6) is -1.77. The quantitative estimate of drug-likeness (QED) is 0.0233. The molecule has 0 bridgehead atoms. The molecule has 14 nitrogen and oxygen atoms in total. The Kier molecular flexibility index (Phi) is 20.0. The maximum absolute atomic E-state index is 13.7. The first-order chi connectivity index (χ1) is 31.3. The molecule has 0 unspecified atom stereocenters. The van der Waals surface area contributed by atoms with Gasteiger partial charge >= 0.3 is 12.1 Å². The van der Waals surface area contributed by atoms with Gasteiger partial charge in [-0.2, -0.15) is 18.2 Å². The van der Waals surface area contributed by atoms with Gasteiger partial charge in [-0.3, -0.25) is 24.2 Å². The molecule has 4 aromatic rings. The molecule has 1 aliphatic heterocycles. The van der Waals surface area contributed by atoms with E-state index in [1.54, 1.807) is 42.1 Å². The van der Waals surface area contributed by atoms with Gasteiger partial charge in [0.1, 0.15) is 5.84 Å². The third kappa shape index (κ3) is 17.8. The summed E-state index contributed by atoms with van der Waals surface area (Å²) in [6, 6.07) is 24.5. The van der Waals surface area contributed by atoms with Crippen LogP contribution in [0.3, 0.4) is 0 Å². The number of carboxylic acid groups (broad SMARTS) is 1. The molecule has 0 radical (unpaired) electrons. The molecule has 1 saturated heterocycles. The number of nitrogens with one attached hydrogen (secondary N) is 2. The van der Waals surface area contributed by atoms with Gasteiger partial charge in [-0.05, 0) is 91.1 Å². The van der Waals surface area contributed by atoms with Gasteiger partial charge < -0.3 is 40.6 Å². The fourth-order valence-corrected chi connectivity index (χ4v) is 7.45. The number of amidine groups is 1. The summed E-state index contributed by atoms with van der Waals surface area (Å²) in [6.45, 7) is 3.76. The minimum Gasteiger partial charge on any atom is -0.481 e. The Balaban J connectivity index is 1.13. The van der Waals surface area contributed by atoms with E-state index in [9.17, 15) is 32.3 Å². The highest BCUT2D eigenvalue weighted by Crippen LogP contribution is 2.32. The molecule has 3 amide bonds. The lowest BCUT2D eigenvalue weighted by molar-refractivity contribution is -0.139. The van der Waals surface area contributed by atoms with Crippen LogP contribution in [0, 0.1) is 0 Å². The Morgan fingerprint density at radius 3 is 2.28 bits per heavy atom. The van der Waals surface area contributed by atoms with E-state index < -0.39 is 29.5 Å². The standard InChI is InChI=1S/C47H53F3N6O8S/c48-47(49,50)36-10-6-11-37(30-36)52-17-15-42(51)55-46(61)40-31-38(56-19-2-1-3-20-56)13-14-41(40)54-45(60)35-9-4-8-34(27-35)32-65-39-12-5-7-33(28-39)29-43(57)53-18-22-63-24-26-64-25-23-62-21-16-44(58)59/h4-14,17,27-28,30-31H,1-3,15-16,18-26,29,32H2,(H,53,57)(H,54,60)(H,58,59)(H2,51,55,61). The van der Waals surface area contributed by atoms with Crippen molar-refractivity contribution in [2.75, 3.05) is 69.5 Å². The molecular formula is C47H53F3N6O8S. The minimum atomic E-state index is -4.52. The van der Waals surface area contributed by atoms with Gasteiger partial charge in [-0.15, -0.1) is 11.8 Å². The number of aliphatic carboxylic acids is 1. The van der Waals surface area contributed by atoms with Gasteiger partial charge in [0, 0.05) is 54.2 Å². The van der Waals surface area contributed by atoms with Gasteiger partial charge in [0.05, 0.1) is 75.0 Å². The Bertz CT molecular complexity index is 2290. The molecule has 5 rings (SSSR count). The summed E-state index contributed by atoms with van der Waals surface area (Å²) < 4.78 is 55.4. The number of rotatable bonds is 24. The highest BCUT2D eigenvalue weighted by molar-refractivity contribution is 7.98. The third-order valence-electron chi connectivity index (χ3n) is 9.79. The molecule has 5 N–H and O–H groups in total. The topological polar surface area (TPSA) is 194 Å². The first kappa shape index (κ1) is 49.9. The average Bonchev–Trinajstić information content (AvgIpc) is 3.29. The number of carbonyl (C=O) groups excluding carboxylic acids is 3. The molecule has 0 aromatic heterocycles. The SMILES string of the molecule is NC(CC=Nc1cccc(C(F)(F)F)c1)=NC(=O)c1cc(N2CCCCC2)ccc1NC(=O)c1cccc(CSc2cccc(CC(=O)NCCOCCOCCOCCC(=O)O)c2)c1. The lowest BCUT2D eigenvalue weighted by atomic mass is 10.1. The van der Waals surface area contributed by atoms with Crippen LogP contribution in [0.2, 0.25) is 0 Å². The van der Waals surface area contributed by atoms with Crippen molar-refractivity contribution in [3.63, 3.8) is 0 Å². The summed E-state index contributed by atoms with van der Waals surface area (Å²) in [7, 11) is 0. The minimum absolute atomic E-state index is 0.0509. The van der Waals surface area contributed by atoms with Crippen LogP contribution in [-0.4, -0.2) is 100 Å². The van der Waals surface area contributed by atoms with Crippen LogP contribution in [0.1, 0.15) is 69.5 Å². The Morgan fingerprint density at radius 1 is 0.815 bits per heavy atom. The molecule has 65 heavy (non-hydrogen) atoms. The number of thioether (sulfide) groups is 1. The summed E-state index contributed by atoms with van der Waals surface area (Å²) in [5, 5.41) is 14.3. The van der Waals surface area contributed by atoms with Gasteiger partial charge in [-0.1, -0.05) is 30.3 Å². The number of carbonyl (C=O) groups is 4. The van der Waals surface area contributed by atoms with Gasteiger partial charge in [0.25, 0.3) is 11.8 Å². The number of aliphatic imine (C=N–C) groups is 2. The number of carboxylic acids is 1. The van der Waals surface area contributed by atoms with Gasteiger partial charge in [0.2, 0.25) is 5.91 Å². The zero-order valence-electron chi connectivity index (χ0n) is 35.8. The second-order valence-electron chi connectivity index (χ2n) is 14.8. The number of ether oxygens (including phenoxy) is 3. The van der Waals surface area contributed by atoms with E-state index >= 15 is 0 Å². The third-order valence-corrected chi connectivity index (χ3v) is 10.9. The van der Waals surface area contributed by atoms with E-state index in [2.05, 4.69) is 25.5 Å². The largest absolute Gasteiger partial charge is 0.481 e. The van der Waals surface area contributed by atoms with Crippen LogP contribution in [0.4, 0.5) is 30.2 Å². The molecule has 1 aliphatic rings. The van der Waals surface area contributed by atoms with E-state index in [1.165, 1.54) is 18.3 Å². The molecule has 1 fully saturated rings. The number of hydrogen-bond donors (Lipinski definition) is 4. The highest BCUT2D eigenvalue weighted by atomic mass is 32.2. The zero-order valence-corrected chi connectivity index (χ0v) is 36.6. The van der Waals surface area contributed by atoms with E-state index in [-0.39, 0.29) is 54.6 Å². The van der Waals surface area contributed by atoms with Gasteiger partial charge in [-0.25, -0.2) is 0 Å².